The molecule has 3 nitrogen and oxygen atoms in total. The average Bonchev–Trinajstić information content (AvgIpc) is 2.60. The van der Waals surface area contributed by atoms with E-state index in [0.717, 1.165) is 12.1 Å². The van der Waals surface area contributed by atoms with E-state index in [0.29, 0.717) is 17.5 Å². The van der Waals surface area contributed by atoms with E-state index < -0.39 is 11.6 Å². The maximum atomic E-state index is 13.5. The zero-order chi connectivity index (χ0) is 11.7. The molecule has 16 heavy (non-hydrogen) atoms. The van der Waals surface area contributed by atoms with Crippen LogP contribution in [0.25, 0.3) is 11.1 Å². The van der Waals surface area contributed by atoms with E-state index in [1.54, 1.807) is 6.92 Å². The summed E-state index contributed by atoms with van der Waals surface area (Å²) in [5.41, 5.74) is 1.21. The first kappa shape index (κ1) is 10.5. The molecule has 0 aliphatic rings. The first-order valence-corrected chi connectivity index (χ1v) is 4.59. The lowest BCUT2D eigenvalue weighted by atomic mass is 10.0. The Morgan fingerprint density at radius 3 is 2.75 bits per heavy atom. The molecule has 0 unspecified atom stereocenters. The molecule has 1 N–H and O–H groups in total. The Balaban J connectivity index is 2.66. The van der Waals surface area contributed by atoms with Gasteiger partial charge < -0.3 is 0 Å². The number of halogens is 2. The summed E-state index contributed by atoms with van der Waals surface area (Å²) in [4.78, 5) is 10.7. The second kappa shape index (κ2) is 3.84. The molecule has 82 valence electrons. The van der Waals surface area contributed by atoms with Crippen molar-refractivity contribution in [3.63, 3.8) is 0 Å². The standard InChI is InChI=1S/C11H8F2N2O/c1-6-11(10(5-16)15-14-6)8-3-2-7(12)4-9(8)13/h2-5H,1H3,(H,14,15). The van der Waals surface area contributed by atoms with Crippen molar-refractivity contribution < 1.29 is 13.6 Å². The minimum Gasteiger partial charge on any atom is -0.296 e. The summed E-state index contributed by atoms with van der Waals surface area (Å²) in [5, 5.41) is 6.31. The molecule has 1 aromatic carbocycles. The van der Waals surface area contributed by atoms with Crippen molar-refractivity contribution in [1.82, 2.24) is 10.2 Å². The van der Waals surface area contributed by atoms with Crippen molar-refractivity contribution in [3.05, 3.63) is 41.2 Å². The van der Waals surface area contributed by atoms with Crippen LogP contribution in [0.4, 0.5) is 8.78 Å². The quantitative estimate of drug-likeness (QED) is 0.793. The van der Waals surface area contributed by atoms with E-state index in [4.69, 9.17) is 0 Å². The Morgan fingerprint density at radius 2 is 2.12 bits per heavy atom. The van der Waals surface area contributed by atoms with Crippen LogP contribution in [-0.4, -0.2) is 16.5 Å². The molecule has 0 bridgehead atoms. The van der Waals surface area contributed by atoms with Gasteiger partial charge in [-0.3, -0.25) is 9.89 Å². The highest BCUT2D eigenvalue weighted by molar-refractivity contribution is 5.86. The molecular weight excluding hydrogens is 214 g/mol. The number of nitrogens with zero attached hydrogens (tertiary/aromatic N) is 1. The average molecular weight is 222 g/mol. The molecule has 0 radical (unpaired) electrons. The molecular formula is C11H8F2N2O. The molecule has 0 saturated heterocycles. The summed E-state index contributed by atoms with van der Waals surface area (Å²) in [6.45, 7) is 1.66. The number of hydrogen-bond acceptors (Lipinski definition) is 2. The fraction of sp³-hybridized carbons (Fsp3) is 0.0909. The summed E-state index contributed by atoms with van der Waals surface area (Å²) >= 11 is 0. The number of rotatable bonds is 2. The third-order valence-electron chi connectivity index (χ3n) is 2.29. The number of aromatic nitrogens is 2. The van der Waals surface area contributed by atoms with E-state index in [2.05, 4.69) is 10.2 Å². The van der Waals surface area contributed by atoms with Gasteiger partial charge in [-0.05, 0) is 19.1 Å². The topological polar surface area (TPSA) is 45.8 Å². The minimum atomic E-state index is -0.715. The molecule has 0 spiro atoms. The molecule has 2 rings (SSSR count). The Labute approximate surface area is 90.1 Å². The predicted molar refractivity (Wildman–Crippen MR) is 54.1 cm³/mol. The molecule has 0 aliphatic heterocycles. The van der Waals surface area contributed by atoms with Crippen LogP contribution < -0.4 is 0 Å². The number of hydrogen-bond donors (Lipinski definition) is 1. The normalized spacial score (nSPS) is 10.4. The van der Waals surface area contributed by atoms with E-state index in [1.165, 1.54) is 6.07 Å². The van der Waals surface area contributed by atoms with Gasteiger partial charge in [-0.2, -0.15) is 5.10 Å². The molecule has 0 saturated carbocycles. The van der Waals surface area contributed by atoms with Gasteiger partial charge in [0.15, 0.2) is 6.29 Å². The Bertz CT molecular complexity index is 549. The lowest BCUT2D eigenvalue weighted by Gasteiger charge is -2.02. The molecule has 1 aromatic heterocycles. The van der Waals surface area contributed by atoms with Gasteiger partial charge in [0.05, 0.1) is 0 Å². The summed E-state index contributed by atoms with van der Waals surface area (Å²) in [7, 11) is 0. The monoisotopic (exact) mass is 222 g/mol. The van der Waals surface area contributed by atoms with E-state index in [-0.39, 0.29) is 11.3 Å². The van der Waals surface area contributed by atoms with Gasteiger partial charge in [-0.1, -0.05) is 0 Å². The van der Waals surface area contributed by atoms with Crippen molar-refractivity contribution in [3.8, 4) is 11.1 Å². The highest BCUT2D eigenvalue weighted by atomic mass is 19.1. The zero-order valence-corrected chi connectivity index (χ0v) is 8.42. The minimum absolute atomic E-state index is 0.114. The smallest absolute Gasteiger partial charge is 0.170 e. The second-order valence-electron chi connectivity index (χ2n) is 3.35. The van der Waals surface area contributed by atoms with Crippen LogP contribution in [0.5, 0.6) is 0 Å². The van der Waals surface area contributed by atoms with Gasteiger partial charge in [0.2, 0.25) is 0 Å². The predicted octanol–water partition coefficient (Wildman–Crippen LogP) is 2.48. The Hall–Kier alpha value is -2.04. The number of nitrogens with one attached hydrogen (secondary N) is 1. The third-order valence-corrected chi connectivity index (χ3v) is 2.29. The fourth-order valence-corrected chi connectivity index (χ4v) is 1.57. The van der Waals surface area contributed by atoms with Crippen LogP contribution in [0.2, 0.25) is 0 Å². The molecule has 0 aliphatic carbocycles. The maximum Gasteiger partial charge on any atom is 0.170 e. The van der Waals surface area contributed by atoms with Gasteiger partial charge in [0, 0.05) is 22.9 Å². The molecule has 0 fully saturated rings. The Morgan fingerprint density at radius 1 is 1.38 bits per heavy atom. The van der Waals surface area contributed by atoms with Gasteiger partial charge in [-0.15, -0.1) is 0 Å². The molecule has 1 heterocycles. The van der Waals surface area contributed by atoms with Gasteiger partial charge in [0.25, 0.3) is 0 Å². The number of H-pyrrole nitrogens is 1. The lowest BCUT2D eigenvalue weighted by molar-refractivity contribution is 0.111. The van der Waals surface area contributed by atoms with Gasteiger partial charge >= 0.3 is 0 Å². The number of carbonyl (C=O) groups excluding carboxylic acids is 1. The molecule has 0 amide bonds. The number of carbonyl (C=O) groups is 1. The summed E-state index contributed by atoms with van der Waals surface area (Å²) in [5.74, 6) is -1.37. The summed E-state index contributed by atoms with van der Waals surface area (Å²) in [6, 6.07) is 3.20. The van der Waals surface area contributed by atoms with Crippen molar-refractivity contribution in [1.29, 1.82) is 0 Å². The van der Waals surface area contributed by atoms with Crippen molar-refractivity contribution >= 4 is 6.29 Å². The van der Waals surface area contributed by atoms with Crippen LogP contribution in [0.1, 0.15) is 16.2 Å². The van der Waals surface area contributed by atoms with E-state index >= 15 is 0 Å². The third kappa shape index (κ3) is 1.60. The van der Waals surface area contributed by atoms with Crippen molar-refractivity contribution in [2.24, 2.45) is 0 Å². The van der Waals surface area contributed by atoms with Crippen LogP contribution in [-0.2, 0) is 0 Å². The zero-order valence-electron chi connectivity index (χ0n) is 8.42. The molecule has 5 heteroatoms. The van der Waals surface area contributed by atoms with Gasteiger partial charge in [-0.25, -0.2) is 8.78 Å². The fourth-order valence-electron chi connectivity index (χ4n) is 1.57. The lowest BCUT2D eigenvalue weighted by Crippen LogP contribution is -1.90. The highest BCUT2D eigenvalue weighted by Gasteiger charge is 2.15. The maximum absolute atomic E-state index is 13.5. The number of benzene rings is 1. The van der Waals surface area contributed by atoms with E-state index in [9.17, 15) is 13.6 Å². The molecule has 0 atom stereocenters. The van der Waals surface area contributed by atoms with Crippen LogP contribution >= 0.6 is 0 Å². The summed E-state index contributed by atoms with van der Waals surface area (Å²) < 4.78 is 26.3. The van der Waals surface area contributed by atoms with E-state index in [1.807, 2.05) is 0 Å². The number of aryl methyl sites for hydroxylation is 1. The largest absolute Gasteiger partial charge is 0.296 e. The number of aromatic amines is 1. The number of aldehydes is 1. The SMILES string of the molecule is Cc1[nH]nc(C=O)c1-c1ccc(F)cc1F. The van der Waals surface area contributed by atoms with Crippen molar-refractivity contribution in [2.45, 2.75) is 6.92 Å². The van der Waals surface area contributed by atoms with Gasteiger partial charge in [0.1, 0.15) is 17.3 Å². The molecule has 2 aromatic rings. The van der Waals surface area contributed by atoms with Crippen LogP contribution in [0.3, 0.4) is 0 Å². The van der Waals surface area contributed by atoms with Crippen LogP contribution in [0, 0.1) is 18.6 Å². The summed E-state index contributed by atoms with van der Waals surface area (Å²) in [6.07, 6.45) is 0.529. The Kier molecular flexibility index (Phi) is 2.52. The first-order valence-electron chi connectivity index (χ1n) is 4.59. The van der Waals surface area contributed by atoms with Crippen LogP contribution in [0.15, 0.2) is 18.2 Å². The second-order valence-corrected chi connectivity index (χ2v) is 3.35. The van der Waals surface area contributed by atoms with Crippen molar-refractivity contribution in [2.75, 3.05) is 0 Å². The first-order chi connectivity index (χ1) is 7.63. The highest BCUT2D eigenvalue weighted by Crippen LogP contribution is 2.27.